The van der Waals surface area contributed by atoms with Gasteiger partial charge in [0.2, 0.25) is 0 Å². The van der Waals surface area contributed by atoms with Gasteiger partial charge < -0.3 is 5.32 Å². The molecule has 1 aliphatic rings. The number of rotatable bonds is 5. The van der Waals surface area contributed by atoms with E-state index in [0.29, 0.717) is 5.92 Å². The van der Waals surface area contributed by atoms with Crippen LogP contribution in [0.2, 0.25) is 0 Å². The summed E-state index contributed by atoms with van der Waals surface area (Å²) in [6.45, 7) is 2.82. The Morgan fingerprint density at radius 1 is 1.37 bits per heavy atom. The maximum Gasteiger partial charge on any atom is 0.134 e. The van der Waals surface area contributed by atoms with Gasteiger partial charge in [0.1, 0.15) is 11.6 Å². The van der Waals surface area contributed by atoms with Gasteiger partial charge in [-0.25, -0.2) is 9.97 Å². The summed E-state index contributed by atoms with van der Waals surface area (Å²) in [6.07, 6.45) is 6.32. The van der Waals surface area contributed by atoms with Crippen LogP contribution in [0.25, 0.3) is 0 Å². The summed E-state index contributed by atoms with van der Waals surface area (Å²) < 4.78 is 0. The third-order valence-electron chi connectivity index (χ3n) is 3.49. The van der Waals surface area contributed by atoms with Gasteiger partial charge in [-0.3, -0.25) is 0 Å². The number of aromatic nitrogens is 5. The van der Waals surface area contributed by atoms with Crippen LogP contribution in [-0.4, -0.2) is 31.9 Å². The lowest BCUT2D eigenvalue weighted by molar-refractivity contribution is 0.401. The Hall–Kier alpha value is -1.98. The van der Waals surface area contributed by atoms with Crippen LogP contribution in [0.5, 0.6) is 0 Å². The zero-order valence-corrected chi connectivity index (χ0v) is 11.1. The van der Waals surface area contributed by atoms with Crippen LogP contribution in [0.3, 0.4) is 0 Å². The molecular formula is C13H18N6. The molecule has 0 saturated heterocycles. The van der Waals surface area contributed by atoms with Crippen molar-refractivity contribution < 1.29 is 0 Å². The highest BCUT2D eigenvalue weighted by molar-refractivity contribution is 5.36. The Bertz CT molecular complexity index is 532. The molecule has 100 valence electrons. The SMILES string of the molecule is Cc1cc(NCCc2cn[nH]n2)nc(C2CCC2)n1. The summed E-state index contributed by atoms with van der Waals surface area (Å²) in [4.78, 5) is 9.14. The summed E-state index contributed by atoms with van der Waals surface area (Å²) in [6, 6.07) is 1.99. The molecule has 2 aromatic heterocycles. The lowest BCUT2D eigenvalue weighted by Gasteiger charge is -2.24. The average molecular weight is 258 g/mol. The Morgan fingerprint density at radius 2 is 2.26 bits per heavy atom. The summed E-state index contributed by atoms with van der Waals surface area (Å²) in [5, 5.41) is 13.8. The van der Waals surface area contributed by atoms with E-state index in [4.69, 9.17) is 0 Å². The first-order valence-electron chi connectivity index (χ1n) is 6.75. The number of aryl methyl sites for hydroxylation is 1. The maximum atomic E-state index is 4.61. The van der Waals surface area contributed by atoms with Crippen molar-refractivity contribution in [2.24, 2.45) is 0 Å². The molecule has 0 unspecified atom stereocenters. The molecule has 0 radical (unpaired) electrons. The fraction of sp³-hybridized carbons (Fsp3) is 0.538. The second kappa shape index (κ2) is 5.34. The molecule has 6 nitrogen and oxygen atoms in total. The first kappa shape index (κ1) is 12.1. The first-order chi connectivity index (χ1) is 9.31. The van der Waals surface area contributed by atoms with Crippen LogP contribution >= 0.6 is 0 Å². The molecule has 0 atom stereocenters. The number of H-pyrrole nitrogens is 1. The fourth-order valence-electron chi connectivity index (χ4n) is 2.20. The van der Waals surface area contributed by atoms with E-state index in [1.165, 1.54) is 19.3 Å². The van der Waals surface area contributed by atoms with E-state index in [9.17, 15) is 0 Å². The summed E-state index contributed by atoms with van der Waals surface area (Å²) in [5.41, 5.74) is 1.98. The van der Waals surface area contributed by atoms with Crippen molar-refractivity contribution >= 4 is 5.82 Å². The Labute approximate surface area is 112 Å². The number of nitrogens with one attached hydrogen (secondary N) is 2. The molecule has 19 heavy (non-hydrogen) atoms. The largest absolute Gasteiger partial charge is 0.370 e. The standard InChI is InChI=1S/C13H18N6/c1-9-7-12(14-6-5-11-8-15-19-18-11)17-13(16-9)10-3-2-4-10/h7-8,10H,2-6H2,1H3,(H,14,16,17)(H,15,18,19). The van der Waals surface area contributed by atoms with Crippen molar-refractivity contribution in [1.82, 2.24) is 25.4 Å². The zero-order valence-electron chi connectivity index (χ0n) is 11.1. The van der Waals surface area contributed by atoms with E-state index in [0.717, 1.165) is 36.0 Å². The molecule has 2 heterocycles. The predicted molar refractivity (Wildman–Crippen MR) is 71.9 cm³/mol. The Kier molecular flexibility index (Phi) is 3.39. The van der Waals surface area contributed by atoms with E-state index in [1.54, 1.807) is 6.20 Å². The molecule has 0 bridgehead atoms. The molecule has 0 aromatic carbocycles. The van der Waals surface area contributed by atoms with Gasteiger partial charge in [0, 0.05) is 30.6 Å². The molecule has 2 N–H and O–H groups in total. The van der Waals surface area contributed by atoms with E-state index in [2.05, 4.69) is 30.7 Å². The number of nitrogens with zero attached hydrogens (tertiary/aromatic N) is 4. The summed E-state index contributed by atoms with van der Waals surface area (Å²) in [7, 11) is 0. The van der Waals surface area contributed by atoms with E-state index in [1.807, 2.05) is 13.0 Å². The third kappa shape index (κ3) is 2.89. The van der Waals surface area contributed by atoms with Crippen LogP contribution in [0.1, 0.15) is 42.4 Å². The average Bonchev–Trinajstić information content (AvgIpc) is 2.79. The second-order valence-electron chi connectivity index (χ2n) is 5.02. The minimum absolute atomic E-state index is 0.566. The molecule has 6 heteroatoms. The van der Waals surface area contributed by atoms with Gasteiger partial charge in [0.05, 0.1) is 11.9 Å². The van der Waals surface area contributed by atoms with Crippen LogP contribution in [0.15, 0.2) is 12.3 Å². The second-order valence-corrected chi connectivity index (χ2v) is 5.02. The molecule has 0 amide bonds. The molecule has 3 rings (SSSR count). The first-order valence-corrected chi connectivity index (χ1v) is 6.75. The van der Waals surface area contributed by atoms with Crippen LogP contribution in [0.4, 0.5) is 5.82 Å². The topological polar surface area (TPSA) is 79.4 Å². The quantitative estimate of drug-likeness (QED) is 0.855. The van der Waals surface area contributed by atoms with Crippen molar-refractivity contribution in [1.29, 1.82) is 0 Å². The van der Waals surface area contributed by atoms with Gasteiger partial charge in [0.25, 0.3) is 0 Å². The van der Waals surface area contributed by atoms with Crippen LogP contribution in [-0.2, 0) is 6.42 Å². The van der Waals surface area contributed by atoms with Crippen molar-refractivity contribution in [3.05, 3.63) is 29.5 Å². The minimum atomic E-state index is 0.566. The van der Waals surface area contributed by atoms with Gasteiger partial charge in [0.15, 0.2) is 0 Å². The van der Waals surface area contributed by atoms with Gasteiger partial charge in [-0.2, -0.15) is 15.4 Å². The molecule has 0 spiro atoms. The summed E-state index contributed by atoms with van der Waals surface area (Å²) >= 11 is 0. The predicted octanol–water partition coefficient (Wildman–Crippen LogP) is 1.83. The van der Waals surface area contributed by atoms with Crippen molar-refractivity contribution in [2.75, 3.05) is 11.9 Å². The molecular weight excluding hydrogens is 240 g/mol. The van der Waals surface area contributed by atoms with E-state index < -0.39 is 0 Å². The maximum absolute atomic E-state index is 4.61. The van der Waals surface area contributed by atoms with E-state index in [-0.39, 0.29) is 0 Å². The minimum Gasteiger partial charge on any atom is -0.370 e. The number of aromatic amines is 1. The zero-order chi connectivity index (χ0) is 13.1. The van der Waals surface area contributed by atoms with Gasteiger partial charge >= 0.3 is 0 Å². The smallest absolute Gasteiger partial charge is 0.134 e. The normalized spacial score (nSPS) is 15.2. The van der Waals surface area contributed by atoms with Gasteiger partial charge in [-0.05, 0) is 19.8 Å². The van der Waals surface area contributed by atoms with Crippen LogP contribution in [0, 0.1) is 6.92 Å². The monoisotopic (exact) mass is 258 g/mol. The molecule has 1 aliphatic carbocycles. The fourth-order valence-corrected chi connectivity index (χ4v) is 2.20. The van der Waals surface area contributed by atoms with Crippen molar-refractivity contribution in [3.63, 3.8) is 0 Å². The van der Waals surface area contributed by atoms with Crippen molar-refractivity contribution in [2.45, 2.75) is 38.5 Å². The third-order valence-corrected chi connectivity index (χ3v) is 3.49. The van der Waals surface area contributed by atoms with Crippen LogP contribution < -0.4 is 5.32 Å². The molecule has 2 aromatic rings. The number of anilines is 1. The lowest BCUT2D eigenvalue weighted by Crippen LogP contribution is -2.15. The Balaban J connectivity index is 1.61. The van der Waals surface area contributed by atoms with Gasteiger partial charge in [-0.15, -0.1) is 0 Å². The van der Waals surface area contributed by atoms with Crippen molar-refractivity contribution in [3.8, 4) is 0 Å². The molecule has 1 saturated carbocycles. The highest BCUT2D eigenvalue weighted by atomic mass is 15.3. The van der Waals surface area contributed by atoms with Gasteiger partial charge in [-0.1, -0.05) is 6.42 Å². The lowest BCUT2D eigenvalue weighted by atomic mass is 9.85. The molecule has 1 fully saturated rings. The van der Waals surface area contributed by atoms with E-state index >= 15 is 0 Å². The highest BCUT2D eigenvalue weighted by Crippen LogP contribution is 2.34. The Morgan fingerprint density at radius 3 is 2.95 bits per heavy atom. The number of hydrogen-bond acceptors (Lipinski definition) is 5. The number of hydrogen-bond donors (Lipinski definition) is 2. The molecule has 0 aliphatic heterocycles. The summed E-state index contributed by atoms with van der Waals surface area (Å²) in [5.74, 6) is 2.48. The highest BCUT2D eigenvalue weighted by Gasteiger charge is 2.22.